The van der Waals surface area contributed by atoms with E-state index in [1.165, 1.54) is 0 Å². The van der Waals surface area contributed by atoms with Gasteiger partial charge in [-0.05, 0) is 40.3 Å². The number of amides is 1. The number of nitro groups is 1. The topological polar surface area (TPSA) is 125 Å². The summed E-state index contributed by atoms with van der Waals surface area (Å²) >= 11 is 0. The Bertz CT molecular complexity index is 1190. The van der Waals surface area contributed by atoms with Gasteiger partial charge in [0.25, 0.3) is 0 Å². The van der Waals surface area contributed by atoms with Crippen molar-refractivity contribution in [1.82, 2.24) is 10.6 Å². The molecular formula is C26H30BN3O5. The molecule has 4 rings (SSSR count). The van der Waals surface area contributed by atoms with Crippen LogP contribution in [0.4, 0.5) is 0 Å². The lowest BCUT2D eigenvalue weighted by Crippen LogP contribution is -2.53. The lowest BCUT2D eigenvalue weighted by atomic mass is 9.74. The molecule has 0 spiro atoms. The van der Waals surface area contributed by atoms with Gasteiger partial charge in [-0.25, -0.2) is 0 Å². The number of nitrogens with one attached hydrogen (secondary N) is 2. The predicted molar refractivity (Wildman–Crippen MR) is 135 cm³/mol. The first-order valence-corrected chi connectivity index (χ1v) is 11.9. The van der Waals surface area contributed by atoms with E-state index in [0.29, 0.717) is 12.0 Å². The normalized spacial score (nSPS) is 22.8. The monoisotopic (exact) mass is 475 g/mol. The van der Waals surface area contributed by atoms with E-state index in [1.54, 1.807) is 24.3 Å². The minimum atomic E-state index is -1.74. The van der Waals surface area contributed by atoms with Gasteiger partial charge in [0.05, 0.1) is 11.9 Å². The second-order valence-electron chi connectivity index (χ2n) is 9.60. The van der Waals surface area contributed by atoms with Crippen LogP contribution in [0.1, 0.15) is 43.4 Å². The van der Waals surface area contributed by atoms with Gasteiger partial charge in [0, 0.05) is 4.92 Å². The summed E-state index contributed by atoms with van der Waals surface area (Å²) in [7, 11) is -1.74. The molecule has 0 unspecified atom stereocenters. The van der Waals surface area contributed by atoms with Crippen LogP contribution in [0.2, 0.25) is 0 Å². The quantitative estimate of drug-likeness (QED) is 0.226. The number of rotatable bonds is 8. The zero-order chi connectivity index (χ0) is 25.1. The Hall–Kier alpha value is -3.27. The van der Waals surface area contributed by atoms with Gasteiger partial charge in [0.1, 0.15) is 12.1 Å². The van der Waals surface area contributed by atoms with E-state index in [9.17, 15) is 25.0 Å². The zero-order valence-corrected chi connectivity index (χ0v) is 19.7. The summed E-state index contributed by atoms with van der Waals surface area (Å²) in [6.07, 6.45) is 0.360. The molecule has 1 amide bonds. The van der Waals surface area contributed by atoms with Gasteiger partial charge < -0.3 is 15.4 Å². The molecule has 0 saturated carbocycles. The van der Waals surface area contributed by atoms with Crippen LogP contribution in [-0.4, -0.2) is 46.0 Å². The molecule has 35 heavy (non-hydrogen) atoms. The van der Waals surface area contributed by atoms with Crippen molar-refractivity contribution in [2.45, 2.75) is 50.3 Å². The highest BCUT2D eigenvalue weighted by Crippen LogP contribution is 2.41. The van der Waals surface area contributed by atoms with Crippen molar-refractivity contribution in [3.05, 3.63) is 94.0 Å². The maximum absolute atomic E-state index is 13.5. The minimum absolute atomic E-state index is 0.112. The second-order valence-corrected chi connectivity index (χ2v) is 9.60. The van der Waals surface area contributed by atoms with Gasteiger partial charge in [-0.15, -0.1) is 0 Å². The number of benzene rings is 3. The maximum Gasteiger partial charge on any atom is 0.475 e. The van der Waals surface area contributed by atoms with E-state index < -0.39 is 43.0 Å². The summed E-state index contributed by atoms with van der Waals surface area (Å²) in [5, 5.41) is 40.0. The SMILES string of the molecule is CC(C)C[C@H](NC(=O)[C@@H]1N[C@H](c2ccc3ccccc3c2)[C@@H]([N+](=O)[O-])[C@@H]1c1ccccc1)B(O)O. The Morgan fingerprint density at radius 2 is 1.69 bits per heavy atom. The van der Waals surface area contributed by atoms with Crippen molar-refractivity contribution in [3.8, 4) is 0 Å². The van der Waals surface area contributed by atoms with Crippen molar-refractivity contribution >= 4 is 23.8 Å². The van der Waals surface area contributed by atoms with Crippen LogP contribution in [0.25, 0.3) is 10.8 Å². The standard InChI is InChI=1S/C26H30BN3O5/c1-16(2)14-21(27(32)33)28-26(31)24-22(18-9-4-3-5-10-18)25(30(34)35)23(29-24)20-13-12-17-8-6-7-11-19(17)15-20/h3-13,15-16,21-25,29,32-33H,14H2,1-2H3,(H,28,31)/t21-,22+,23+,24+,25-/m0/s1. The summed E-state index contributed by atoms with van der Waals surface area (Å²) in [5.74, 6) is -2.01. The van der Waals surface area contributed by atoms with Crippen LogP contribution in [0.3, 0.4) is 0 Å². The summed E-state index contributed by atoms with van der Waals surface area (Å²) < 4.78 is 0. The molecule has 8 nitrogen and oxygen atoms in total. The first kappa shape index (κ1) is 24.8. The predicted octanol–water partition coefficient (Wildman–Crippen LogP) is 2.82. The molecule has 3 aromatic rings. The molecular weight excluding hydrogens is 445 g/mol. The van der Waals surface area contributed by atoms with Crippen LogP contribution in [0.15, 0.2) is 72.8 Å². The highest BCUT2D eigenvalue weighted by molar-refractivity contribution is 6.43. The Balaban J connectivity index is 1.73. The van der Waals surface area contributed by atoms with E-state index in [4.69, 9.17) is 0 Å². The molecule has 3 aromatic carbocycles. The van der Waals surface area contributed by atoms with Crippen molar-refractivity contribution in [3.63, 3.8) is 0 Å². The molecule has 1 aliphatic heterocycles. The van der Waals surface area contributed by atoms with Crippen LogP contribution in [0.5, 0.6) is 0 Å². The molecule has 0 bridgehead atoms. The Morgan fingerprint density at radius 3 is 2.31 bits per heavy atom. The Labute approximate surface area is 204 Å². The minimum Gasteiger partial charge on any atom is -0.426 e. The second kappa shape index (κ2) is 10.6. The smallest absolute Gasteiger partial charge is 0.426 e. The van der Waals surface area contributed by atoms with Crippen LogP contribution in [0, 0.1) is 16.0 Å². The highest BCUT2D eigenvalue weighted by atomic mass is 16.6. The maximum atomic E-state index is 13.5. The van der Waals surface area contributed by atoms with Crippen LogP contribution < -0.4 is 10.6 Å². The number of carbonyl (C=O) groups excluding carboxylic acids is 1. The van der Waals surface area contributed by atoms with Crippen LogP contribution in [-0.2, 0) is 4.79 Å². The first-order valence-electron chi connectivity index (χ1n) is 11.9. The molecule has 1 fully saturated rings. The average molecular weight is 475 g/mol. The highest BCUT2D eigenvalue weighted by Gasteiger charge is 2.54. The van der Waals surface area contributed by atoms with Crippen molar-refractivity contribution in [2.24, 2.45) is 5.92 Å². The fourth-order valence-corrected chi connectivity index (χ4v) is 5.09. The fraction of sp³-hybridized carbons (Fsp3) is 0.346. The molecule has 0 aromatic heterocycles. The lowest BCUT2D eigenvalue weighted by Gasteiger charge is -2.24. The molecule has 182 valence electrons. The summed E-state index contributed by atoms with van der Waals surface area (Å²) in [6, 6.07) is 19.7. The largest absolute Gasteiger partial charge is 0.475 e. The molecule has 5 atom stereocenters. The Morgan fingerprint density at radius 1 is 1.03 bits per heavy atom. The third-order valence-corrected chi connectivity index (χ3v) is 6.68. The van der Waals surface area contributed by atoms with E-state index >= 15 is 0 Å². The average Bonchev–Trinajstić information content (AvgIpc) is 3.25. The zero-order valence-electron chi connectivity index (χ0n) is 19.7. The third kappa shape index (κ3) is 5.37. The molecule has 4 N–H and O–H groups in total. The van der Waals surface area contributed by atoms with Crippen molar-refractivity contribution in [2.75, 3.05) is 0 Å². The molecule has 1 aliphatic rings. The lowest BCUT2D eigenvalue weighted by molar-refractivity contribution is -0.527. The number of hydrogen-bond acceptors (Lipinski definition) is 6. The van der Waals surface area contributed by atoms with Gasteiger partial charge in [0.2, 0.25) is 11.9 Å². The van der Waals surface area contributed by atoms with E-state index in [0.717, 1.165) is 16.3 Å². The van der Waals surface area contributed by atoms with Crippen molar-refractivity contribution in [1.29, 1.82) is 0 Å². The summed E-state index contributed by atoms with van der Waals surface area (Å²) in [4.78, 5) is 25.6. The number of carbonyl (C=O) groups is 1. The molecule has 1 heterocycles. The first-order chi connectivity index (χ1) is 16.8. The van der Waals surface area contributed by atoms with Gasteiger partial charge in [-0.3, -0.25) is 20.2 Å². The van der Waals surface area contributed by atoms with Crippen molar-refractivity contribution < 1.29 is 19.8 Å². The number of nitrogens with zero attached hydrogens (tertiary/aromatic N) is 1. The summed E-state index contributed by atoms with van der Waals surface area (Å²) in [6.45, 7) is 3.83. The van der Waals surface area contributed by atoms with Gasteiger partial charge in [0.15, 0.2) is 0 Å². The summed E-state index contributed by atoms with van der Waals surface area (Å²) in [5.41, 5.74) is 1.40. The molecule has 1 saturated heterocycles. The number of fused-ring (bicyclic) bond motifs is 1. The van der Waals surface area contributed by atoms with Crippen LogP contribution >= 0.6 is 0 Å². The van der Waals surface area contributed by atoms with E-state index in [1.807, 2.05) is 62.4 Å². The molecule has 0 radical (unpaired) electrons. The van der Waals surface area contributed by atoms with E-state index in [2.05, 4.69) is 10.6 Å². The number of hydrogen-bond donors (Lipinski definition) is 4. The van der Waals surface area contributed by atoms with Gasteiger partial charge in [-0.1, -0.05) is 80.6 Å². The fourth-order valence-electron chi connectivity index (χ4n) is 5.09. The molecule has 0 aliphatic carbocycles. The van der Waals surface area contributed by atoms with Gasteiger partial charge >= 0.3 is 7.12 Å². The Kier molecular flexibility index (Phi) is 7.49. The van der Waals surface area contributed by atoms with Gasteiger partial charge in [-0.2, -0.15) is 0 Å². The van der Waals surface area contributed by atoms with E-state index in [-0.39, 0.29) is 10.8 Å². The third-order valence-electron chi connectivity index (χ3n) is 6.68. The molecule has 9 heteroatoms.